The summed E-state index contributed by atoms with van der Waals surface area (Å²) in [7, 11) is 0. The minimum absolute atomic E-state index is 0.698. The molecule has 118 valence electrons. The van der Waals surface area contributed by atoms with Gasteiger partial charge in [0.05, 0.1) is 13.2 Å². The van der Waals surface area contributed by atoms with Crippen molar-refractivity contribution in [2.75, 3.05) is 19.8 Å². The Kier molecular flexibility index (Phi) is 6.87. The fraction of sp³-hybridized carbons (Fsp3) is 0.667. The van der Waals surface area contributed by atoms with E-state index >= 15 is 0 Å². The molecule has 0 aromatic heterocycles. The van der Waals surface area contributed by atoms with Gasteiger partial charge in [0.2, 0.25) is 0 Å². The summed E-state index contributed by atoms with van der Waals surface area (Å²) in [6.45, 7) is 6.95. The van der Waals surface area contributed by atoms with Gasteiger partial charge in [0.1, 0.15) is 11.5 Å². The summed E-state index contributed by atoms with van der Waals surface area (Å²) in [5.74, 6) is 2.64. The van der Waals surface area contributed by atoms with Crippen LogP contribution in [0.4, 0.5) is 0 Å². The zero-order valence-corrected chi connectivity index (χ0v) is 13.4. The zero-order chi connectivity index (χ0) is 14.9. The summed E-state index contributed by atoms with van der Waals surface area (Å²) in [4.78, 5) is 0. The number of benzene rings is 1. The highest BCUT2D eigenvalue weighted by Gasteiger charge is 2.25. The maximum Gasteiger partial charge on any atom is 0.119 e. The fourth-order valence-corrected chi connectivity index (χ4v) is 3.09. The molecule has 2 atom stereocenters. The van der Waals surface area contributed by atoms with Gasteiger partial charge < -0.3 is 14.8 Å². The second-order valence-electron chi connectivity index (χ2n) is 5.81. The van der Waals surface area contributed by atoms with Crippen LogP contribution in [0.15, 0.2) is 24.3 Å². The lowest BCUT2D eigenvalue weighted by atomic mass is 10.00. The fourth-order valence-electron chi connectivity index (χ4n) is 3.09. The van der Waals surface area contributed by atoms with Crippen LogP contribution in [0.3, 0.4) is 0 Å². The lowest BCUT2D eigenvalue weighted by Crippen LogP contribution is -2.32. The number of nitrogens with one attached hydrogen (secondary N) is 1. The molecule has 0 aliphatic heterocycles. The van der Waals surface area contributed by atoms with Gasteiger partial charge >= 0.3 is 0 Å². The van der Waals surface area contributed by atoms with E-state index in [2.05, 4.69) is 19.2 Å². The van der Waals surface area contributed by atoms with Crippen LogP contribution >= 0.6 is 0 Å². The van der Waals surface area contributed by atoms with Gasteiger partial charge in [0.25, 0.3) is 0 Å². The van der Waals surface area contributed by atoms with Crippen LogP contribution in [-0.2, 0) is 0 Å². The Hall–Kier alpha value is -1.22. The third kappa shape index (κ3) is 5.24. The van der Waals surface area contributed by atoms with Gasteiger partial charge in [-0.05, 0) is 62.4 Å². The highest BCUT2D eigenvalue weighted by atomic mass is 16.5. The van der Waals surface area contributed by atoms with Gasteiger partial charge in [-0.2, -0.15) is 0 Å². The van der Waals surface area contributed by atoms with E-state index in [1.807, 2.05) is 24.3 Å². The molecule has 0 spiro atoms. The van der Waals surface area contributed by atoms with Gasteiger partial charge in [0, 0.05) is 6.04 Å². The van der Waals surface area contributed by atoms with Crippen molar-refractivity contribution in [3.05, 3.63) is 24.3 Å². The van der Waals surface area contributed by atoms with Gasteiger partial charge in [-0.25, -0.2) is 0 Å². The molecule has 3 nitrogen and oxygen atoms in total. The number of rotatable bonds is 9. The molecule has 3 heteroatoms. The molecular formula is C18H29NO2. The summed E-state index contributed by atoms with van der Waals surface area (Å²) < 4.78 is 11.4. The van der Waals surface area contributed by atoms with Crippen molar-refractivity contribution in [2.24, 2.45) is 5.92 Å². The van der Waals surface area contributed by atoms with Gasteiger partial charge in [0.15, 0.2) is 0 Å². The minimum Gasteiger partial charge on any atom is -0.494 e. The van der Waals surface area contributed by atoms with Crippen LogP contribution in [-0.4, -0.2) is 25.8 Å². The lowest BCUT2D eigenvalue weighted by molar-refractivity contribution is 0.260. The Morgan fingerprint density at radius 3 is 2.29 bits per heavy atom. The minimum atomic E-state index is 0.698. The van der Waals surface area contributed by atoms with Gasteiger partial charge in [-0.15, -0.1) is 0 Å². The Morgan fingerprint density at radius 2 is 1.67 bits per heavy atom. The van der Waals surface area contributed by atoms with Crippen LogP contribution in [0, 0.1) is 5.92 Å². The first-order chi connectivity index (χ1) is 10.3. The van der Waals surface area contributed by atoms with Crippen LogP contribution in [0.2, 0.25) is 0 Å². The smallest absolute Gasteiger partial charge is 0.119 e. The molecular weight excluding hydrogens is 262 g/mol. The molecule has 2 rings (SSSR count). The van der Waals surface area contributed by atoms with Crippen molar-refractivity contribution in [1.29, 1.82) is 0 Å². The van der Waals surface area contributed by atoms with E-state index in [0.29, 0.717) is 6.04 Å². The van der Waals surface area contributed by atoms with Crippen molar-refractivity contribution < 1.29 is 9.47 Å². The van der Waals surface area contributed by atoms with Gasteiger partial charge in [-0.1, -0.05) is 20.3 Å². The zero-order valence-electron chi connectivity index (χ0n) is 13.4. The third-order valence-electron chi connectivity index (χ3n) is 4.18. The quantitative estimate of drug-likeness (QED) is 0.745. The highest BCUT2D eigenvalue weighted by molar-refractivity contribution is 5.31. The molecule has 2 unspecified atom stereocenters. The maximum absolute atomic E-state index is 5.87. The van der Waals surface area contributed by atoms with E-state index in [1.54, 1.807) is 0 Å². The number of ether oxygens (including phenoxy) is 2. The molecule has 1 aromatic rings. The highest BCUT2D eigenvalue weighted by Crippen LogP contribution is 2.28. The molecule has 21 heavy (non-hydrogen) atoms. The van der Waals surface area contributed by atoms with Crippen molar-refractivity contribution in [3.63, 3.8) is 0 Å². The molecule has 0 saturated heterocycles. The number of hydrogen-bond donors (Lipinski definition) is 1. The van der Waals surface area contributed by atoms with E-state index in [-0.39, 0.29) is 0 Å². The average molecular weight is 291 g/mol. The SMILES string of the molecule is CCCOc1ccc(OCCC2CCCC2NCC)cc1. The van der Waals surface area contributed by atoms with Crippen LogP contribution in [0.1, 0.15) is 46.0 Å². The molecule has 0 heterocycles. The number of hydrogen-bond acceptors (Lipinski definition) is 3. The first-order valence-electron chi connectivity index (χ1n) is 8.42. The first kappa shape index (κ1) is 16.2. The van der Waals surface area contributed by atoms with E-state index in [1.165, 1.54) is 19.3 Å². The molecule has 0 amide bonds. The maximum atomic E-state index is 5.87. The summed E-state index contributed by atoms with van der Waals surface area (Å²) >= 11 is 0. The van der Waals surface area contributed by atoms with E-state index in [0.717, 1.165) is 50.0 Å². The predicted octanol–water partition coefficient (Wildman–Crippen LogP) is 4.02. The normalized spacial score (nSPS) is 21.4. The molecule has 1 aliphatic carbocycles. The molecule has 1 aliphatic rings. The summed E-state index contributed by atoms with van der Waals surface area (Å²) in [6, 6.07) is 8.68. The average Bonchev–Trinajstić information content (AvgIpc) is 2.94. The topological polar surface area (TPSA) is 30.5 Å². The molecule has 1 aromatic carbocycles. The third-order valence-corrected chi connectivity index (χ3v) is 4.18. The molecule has 1 fully saturated rings. The Balaban J connectivity index is 1.70. The monoisotopic (exact) mass is 291 g/mol. The van der Waals surface area contributed by atoms with Crippen molar-refractivity contribution >= 4 is 0 Å². The summed E-state index contributed by atoms with van der Waals surface area (Å²) in [6.07, 6.45) is 6.19. The Labute approximate surface area is 129 Å². The second kappa shape index (κ2) is 8.93. The van der Waals surface area contributed by atoms with E-state index in [9.17, 15) is 0 Å². The van der Waals surface area contributed by atoms with E-state index < -0.39 is 0 Å². The second-order valence-corrected chi connectivity index (χ2v) is 5.81. The van der Waals surface area contributed by atoms with Crippen LogP contribution in [0.5, 0.6) is 11.5 Å². The van der Waals surface area contributed by atoms with Crippen molar-refractivity contribution in [3.8, 4) is 11.5 Å². The van der Waals surface area contributed by atoms with Crippen molar-refractivity contribution in [2.45, 2.75) is 52.0 Å². The molecule has 0 bridgehead atoms. The Bertz CT molecular complexity index is 391. The van der Waals surface area contributed by atoms with Crippen LogP contribution < -0.4 is 14.8 Å². The van der Waals surface area contributed by atoms with E-state index in [4.69, 9.17) is 9.47 Å². The summed E-state index contributed by atoms with van der Waals surface area (Å²) in [5.41, 5.74) is 0. The van der Waals surface area contributed by atoms with Crippen LogP contribution in [0.25, 0.3) is 0 Å². The van der Waals surface area contributed by atoms with Gasteiger partial charge in [-0.3, -0.25) is 0 Å². The predicted molar refractivity (Wildman–Crippen MR) is 87.1 cm³/mol. The summed E-state index contributed by atoms with van der Waals surface area (Å²) in [5, 5.41) is 3.60. The van der Waals surface area contributed by atoms with Crippen molar-refractivity contribution in [1.82, 2.24) is 5.32 Å². The lowest BCUT2D eigenvalue weighted by Gasteiger charge is -2.20. The first-order valence-corrected chi connectivity index (χ1v) is 8.42. The molecule has 1 saturated carbocycles. The molecule has 1 N–H and O–H groups in total. The Morgan fingerprint density at radius 1 is 1.00 bits per heavy atom. The molecule has 0 radical (unpaired) electrons. The largest absolute Gasteiger partial charge is 0.494 e. The standard InChI is InChI=1S/C18H29NO2/c1-3-13-20-16-8-10-17(11-9-16)21-14-12-15-6-5-7-18(15)19-4-2/h8-11,15,18-19H,3-7,12-14H2,1-2H3.